The van der Waals surface area contributed by atoms with Gasteiger partial charge in [0.05, 0.1) is 0 Å². The molecule has 15 heavy (non-hydrogen) atoms. The Balaban J connectivity index is 3.20. The van der Waals surface area contributed by atoms with Gasteiger partial charge in [-0.25, -0.2) is 0 Å². The fraction of sp³-hybridized carbons (Fsp3) is 0.667. The zero-order valence-corrected chi connectivity index (χ0v) is 10.1. The number of carbonyl (C=O) groups is 2. The molecule has 0 atom stereocenters. The van der Waals surface area contributed by atoms with Crippen molar-refractivity contribution in [3.05, 3.63) is 11.8 Å². The molecule has 84 valence electrons. The van der Waals surface area contributed by atoms with Crippen LogP contribution in [0.4, 0.5) is 0 Å². The second-order valence-electron chi connectivity index (χ2n) is 4.77. The highest BCUT2D eigenvalue weighted by Crippen LogP contribution is 2.31. The molecule has 0 spiro atoms. The van der Waals surface area contributed by atoms with Gasteiger partial charge in [0.25, 0.3) is 0 Å². The number of ketones is 1. The molecule has 0 bridgehead atoms. The summed E-state index contributed by atoms with van der Waals surface area (Å²) in [6.07, 6.45) is 2.39. The Hall–Kier alpha value is -1.12. The Bertz CT molecular complexity index is 327. The molecule has 0 unspecified atom stereocenters. The van der Waals surface area contributed by atoms with Gasteiger partial charge >= 0.3 is 0 Å². The second-order valence-corrected chi connectivity index (χ2v) is 4.77. The molecule has 0 aromatic rings. The number of amides is 1. The quantitative estimate of drug-likeness (QED) is 0.653. The van der Waals surface area contributed by atoms with E-state index in [4.69, 9.17) is 0 Å². The fourth-order valence-electron chi connectivity index (χ4n) is 1.74. The lowest BCUT2D eigenvalue weighted by Gasteiger charge is -2.36. The van der Waals surface area contributed by atoms with Crippen LogP contribution in [0.2, 0.25) is 0 Å². The molecule has 1 aliphatic heterocycles. The zero-order valence-electron chi connectivity index (χ0n) is 10.1. The molecule has 3 heteroatoms. The molecule has 1 rings (SSSR count). The molecule has 0 N–H and O–H groups in total. The van der Waals surface area contributed by atoms with Crippen LogP contribution in [0, 0.1) is 5.41 Å². The van der Waals surface area contributed by atoms with Gasteiger partial charge in [0.15, 0.2) is 5.78 Å². The number of rotatable bonds is 2. The molecule has 0 aromatic carbocycles. The predicted molar refractivity (Wildman–Crippen MR) is 59.1 cm³/mol. The Morgan fingerprint density at radius 1 is 1.33 bits per heavy atom. The van der Waals surface area contributed by atoms with Crippen LogP contribution >= 0.6 is 0 Å². The molecule has 1 aliphatic rings. The lowest BCUT2D eigenvalue weighted by Crippen LogP contribution is -2.49. The van der Waals surface area contributed by atoms with Crippen molar-refractivity contribution in [1.82, 2.24) is 4.90 Å². The number of carbonyl (C=O) groups excluding carboxylic acids is 2. The van der Waals surface area contributed by atoms with Crippen LogP contribution in [0.15, 0.2) is 11.8 Å². The van der Waals surface area contributed by atoms with Crippen LogP contribution < -0.4 is 0 Å². The summed E-state index contributed by atoms with van der Waals surface area (Å²) < 4.78 is 0. The van der Waals surface area contributed by atoms with Crippen molar-refractivity contribution >= 4 is 11.7 Å². The van der Waals surface area contributed by atoms with E-state index in [1.54, 1.807) is 24.9 Å². The number of allylic oxidation sites excluding steroid dienone is 1. The van der Waals surface area contributed by atoms with Crippen molar-refractivity contribution < 1.29 is 9.59 Å². The van der Waals surface area contributed by atoms with E-state index in [0.29, 0.717) is 6.42 Å². The molecule has 0 saturated heterocycles. The van der Waals surface area contributed by atoms with Crippen LogP contribution in [0.3, 0.4) is 0 Å². The molecule has 1 amide bonds. The van der Waals surface area contributed by atoms with Gasteiger partial charge in [0.2, 0.25) is 5.91 Å². The molecule has 0 fully saturated rings. The number of hydrogen-bond donors (Lipinski definition) is 0. The number of Topliss-reactive ketones (excluding diaryl/α,β-unsaturated/α-hetero) is 1. The average molecular weight is 209 g/mol. The highest BCUT2D eigenvalue weighted by atomic mass is 16.2. The molecular formula is C12H19NO2. The van der Waals surface area contributed by atoms with E-state index in [1.807, 2.05) is 20.8 Å². The maximum absolute atomic E-state index is 12.0. The third-order valence-corrected chi connectivity index (χ3v) is 2.86. The van der Waals surface area contributed by atoms with Crippen molar-refractivity contribution in [2.24, 2.45) is 5.41 Å². The second kappa shape index (κ2) is 3.80. The highest BCUT2D eigenvalue weighted by molar-refractivity contribution is 6.15. The minimum Gasteiger partial charge on any atom is -0.315 e. The summed E-state index contributed by atoms with van der Waals surface area (Å²) in [5.41, 5.74) is -0.155. The fourth-order valence-corrected chi connectivity index (χ4v) is 1.74. The highest BCUT2D eigenvalue weighted by Gasteiger charge is 2.43. The summed E-state index contributed by atoms with van der Waals surface area (Å²) in [7, 11) is 0. The van der Waals surface area contributed by atoms with Gasteiger partial charge in [-0.05, 0) is 34.1 Å². The zero-order chi connectivity index (χ0) is 11.8. The molecular weight excluding hydrogens is 190 g/mol. The Morgan fingerprint density at radius 3 is 2.27 bits per heavy atom. The van der Waals surface area contributed by atoms with Crippen molar-refractivity contribution in [2.45, 2.75) is 47.1 Å². The lowest BCUT2D eigenvalue weighted by molar-refractivity contribution is -0.146. The van der Waals surface area contributed by atoms with Gasteiger partial charge in [-0.1, -0.05) is 6.92 Å². The van der Waals surface area contributed by atoms with Crippen LogP contribution in [0.5, 0.6) is 0 Å². The maximum atomic E-state index is 12.0. The smallest absolute Gasteiger partial charge is 0.240 e. The van der Waals surface area contributed by atoms with Gasteiger partial charge in [-0.2, -0.15) is 0 Å². The molecule has 3 nitrogen and oxygen atoms in total. The standard InChI is InChI=1S/C12H19NO2/c1-6-9-7-13(8(2)3)11(15)12(4,5)10(9)14/h7-8H,6H2,1-5H3. The van der Waals surface area contributed by atoms with E-state index >= 15 is 0 Å². The third kappa shape index (κ3) is 1.83. The molecule has 0 radical (unpaired) electrons. The van der Waals surface area contributed by atoms with Crippen molar-refractivity contribution in [2.75, 3.05) is 0 Å². The molecule has 0 aliphatic carbocycles. The monoisotopic (exact) mass is 209 g/mol. The van der Waals surface area contributed by atoms with Crippen LogP contribution in [-0.4, -0.2) is 22.6 Å². The summed E-state index contributed by atoms with van der Waals surface area (Å²) in [6, 6.07) is 0.103. The summed E-state index contributed by atoms with van der Waals surface area (Å²) in [6.45, 7) is 9.25. The largest absolute Gasteiger partial charge is 0.315 e. The van der Waals surface area contributed by atoms with Gasteiger partial charge in [-0.15, -0.1) is 0 Å². The average Bonchev–Trinajstić information content (AvgIpc) is 2.15. The first kappa shape index (κ1) is 12.0. The molecule has 0 aromatic heterocycles. The molecule has 0 saturated carbocycles. The third-order valence-electron chi connectivity index (χ3n) is 2.86. The minimum absolute atomic E-state index is 0.0353. The van der Waals surface area contributed by atoms with Gasteiger partial charge in [-0.3, -0.25) is 9.59 Å². The first-order chi connectivity index (χ1) is 6.82. The van der Waals surface area contributed by atoms with Crippen molar-refractivity contribution in [3.63, 3.8) is 0 Å². The summed E-state index contributed by atoms with van der Waals surface area (Å²) in [5.74, 6) is -0.133. The predicted octanol–water partition coefficient (Wildman–Crippen LogP) is 2.13. The van der Waals surface area contributed by atoms with Gasteiger partial charge < -0.3 is 4.90 Å². The SMILES string of the molecule is CCC1=CN(C(C)C)C(=O)C(C)(C)C1=O. The number of nitrogens with zero attached hydrogens (tertiary/aromatic N) is 1. The van der Waals surface area contributed by atoms with E-state index in [1.165, 1.54) is 0 Å². The summed E-state index contributed by atoms with van der Waals surface area (Å²) in [4.78, 5) is 25.6. The van der Waals surface area contributed by atoms with Crippen LogP contribution in [0.1, 0.15) is 41.0 Å². The van der Waals surface area contributed by atoms with E-state index in [2.05, 4.69) is 0 Å². The van der Waals surface area contributed by atoms with E-state index in [-0.39, 0.29) is 17.7 Å². The van der Waals surface area contributed by atoms with E-state index in [0.717, 1.165) is 5.57 Å². The van der Waals surface area contributed by atoms with Crippen LogP contribution in [0.25, 0.3) is 0 Å². The summed E-state index contributed by atoms with van der Waals surface area (Å²) in [5, 5.41) is 0. The van der Waals surface area contributed by atoms with Gasteiger partial charge in [0, 0.05) is 17.8 Å². The topological polar surface area (TPSA) is 37.4 Å². The number of hydrogen-bond acceptors (Lipinski definition) is 2. The Kier molecular flexibility index (Phi) is 3.03. The van der Waals surface area contributed by atoms with Gasteiger partial charge in [0.1, 0.15) is 5.41 Å². The van der Waals surface area contributed by atoms with E-state index in [9.17, 15) is 9.59 Å². The van der Waals surface area contributed by atoms with Crippen molar-refractivity contribution in [1.29, 1.82) is 0 Å². The Labute approximate surface area is 91.1 Å². The van der Waals surface area contributed by atoms with Crippen molar-refractivity contribution in [3.8, 4) is 0 Å². The first-order valence-corrected chi connectivity index (χ1v) is 5.40. The normalized spacial score (nSPS) is 20.9. The minimum atomic E-state index is -0.898. The first-order valence-electron chi connectivity index (χ1n) is 5.40. The van der Waals surface area contributed by atoms with Crippen LogP contribution in [-0.2, 0) is 9.59 Å². The summed E-state index contributed by atoms with van der Waals surface area (Å²) >= 11 is 0. The Morgan fingerprint density at radius 2 is 1.87 bits per heavy atom. The maximum Gasteiger partial charge on any atom is 0.240 e. The lowest BCUT2D eigenvalue weighted by atomic mass is 9.79. The van der Waals surface area contributed by atoms with E-state index < -0.39 is 5.41 Å². The molecule has 1 heterocycles.